The number of benzene rings is 1. The van der Waals surface area contributed by atoms with Gasteiger partial charge in [0.25, 0.3) is 5.56 Å². The third kappa shape index (κ3) is 3.62. The highest BCUT2D eigenvalue weighted by atomic mass is 35.5. The Kier molecular flexibility index (Phi) is 5.65. The molecule has 1 aliphatic rings. The Bertz CT molecular complexity index is 1330. The summed E-state index contributed by atoms with van der Waals surface area (Å²) in [6.45, 7) is 3.70. The molecule has 0 N–H and O–H groups in total. The molecule has 1 unspecified atom stereocenters. The molecule has 30 heavy (non-hydrogen) atoms. The summed E-state index contributed by atoms with van der Waals surface area (Å²) in [5.41, 5.74) is 2.02. The van der Waals surface area contributed by atoms with Gasteiger partial charge in [0.05, 0.1) is 22.4 Å². The second-order valence-electron chi connectivity index (χ2n) is 6.61. The minimum absolute atomic E-state index is 0.219. The first-order chi connectivity index (χ1) is 14.5. The van der Waals surface area contributed by atoms with Crippen LogP contribution in [0, 0.1) is 0 Å². The van der Waals surface area contributed by atoms with Crippen molar-refractivity contribution in [2.24, 2.45) is 4.99 Å². The zero-order valence-corrected chi connectivity index (χ0v) is 17.9. The number of hydrogen-bond acceptors (Lipinski definition) is 6. The van der Waals surface area contributed by atoms with E-state index in [1.165, 1.54) is 15.9 Å². The lowest BCUT2D eigenvalue weighted by Crippen LogP contribution is -2.40. The summed E-state index contributed by atoms with van der Waals surface area (Å²) in [7, 11) is 0. The van der Waals surface area contributed by atoms with Gasteiger partial charge >= 0.3 is 5.97 Å². The SMILES string of the molecule is CCOC(=O)C1=C(C)N=c2s/c(=C\c3cccnc3)c(=O)n2C1c1ccccc1Cl. The van der Waals surface area contributed by atoms with E-state index >= 15 is 0 Å². The fourth-order valence-electron chi connectivity index (χ4n) is 3.40. The normalized spacial score (nSPS) is 16.2. The smallest absolute Gasteiger partial charge is 0.338 e. The lowest BCUT2D eigenvalue weighted by atomic mass is 9.96. The van der Waals surface area contributed by atoms with E-state index in [1.807, 2.05) is 18.2 Å². The Morgan fingerprint density at radius 3 is 2.80 bits per heavy atom. The molecular weight excluding hydrogens is 422 g/mol. The highest BCUT2D eigenvalue weighted by Gasteiger charge is 2.34. The zero-order chi connectivity index (χ0) is 21.3. The van der Waals surface area contributed by atoms with Crippen LogP contribution < -0.4 is 14.9 Å². The van der Waals surface area contributed by atoms with Crippen LogP contribution in [0.5, 0.6) is 0 Å². The third-order valence-electron chi connectivity index (χ3n) is 4.70. The minimum Gasteiger partial charge on any atom is -0.463 e. The molecule has 1 aromatic carbocycles. The van der Waals surface area contributed by atoms with Crippen molar-refractivity contribution in [3.63, 3.8) is 0 Å². The van der Waals surface area contributed by atoms with E-state index in [0.717, 1.165) is 5.56 Å². The molecule has 0 radical (unpaired) electrons. The first kappa shape index (κ1) is 20.3. The summed E-state index contributed by atoms with van der Waals surface area (Å²) < 4.78 is 7.29. The largest absolute Gasteiger partial charge is 0.463 e. The zero-order valence-electron chi connectivity index (χ0n) is 16.3. The molecule has 0 fully saturated rings. The number of hydrogen-bond donors (Lipinski definition) is 0. The van der Waals surface area contributed by atoms with Crippen LogP contribution in [-0.2, 0) is 9.53 Å². The molecule has 4 rings (SSSR count). The molecule has 6 nitrogen and oxygen atoms in total. The molecule has 0 aliphatic carbocycles. The lowest BCUT2D eigenvalue weighted by molar-refractivity contribution is -0.139. The van der Waals surface area contributed by atoms with Gasteiger partial charge in [-0.25, -0.2) is 9.79 Å². The van der Waals surface area contributed by atoms with E-state index in [0.29, 0.717) is 31.2 Å². The summed E-state index contributed by atoms with van der Waals surface area (Å²) in [6.07, 6.45) is 5.12. The van der Waals surface area contributed by atoms with E-state index < -0.39 is 12.0 Å². The topological polar surface area (TPSA) is 73.6 Å². The molecule has 0 saturated heterocycles. The highest BCUT2D eigenvalue weighted by molar-refractivity contribution is 7.07. The lowest BCUT2D eigenvalue weighted by Gasteiger charge is -2.25. The number of pyridine rings is 1. The molecule has 2 aromatic heterocycles. The molecule has 3 heterocycles. The van der Waals surface area contributed by atoms with Gasteiger partial charge in [-0.3, -0.25) is 14.3 Å². The number of rotatable bonds is 4. The average Bonchev–Trinajstić information content (AvgIpc) is 3.03. The van der Waals surface area contributed by atoms with Crippen LogP contribution in [0.2, 0.25) is 5.02 Å². The summed E-state index contributed by atoms with van der Waals surface area (Å²) in [5, 5.41) is 0.459. The number of esters is 1. The standard InChI is InChI=1S/C22H18ClN3O3S/c1-3-29-21(28)18-13(2)25-22-26(19(18)15-8-4-5-9-16(15)23)20(27)17(30-22)11-14-7-6-10-24-12-14/h4-12,19H,3H2,1-2H3/b17-11-. The van der Waals surface area contributed by atoms with Crippen LogP contribution in [0.15, 0.2) is 69.8 Å². The number of fused-ring (bicyclic) bond motifs is 1. The average molecular weight is 440 g/mol. The summed E-state index contributed by atoms with van der Waals surface area (Å²) in [5.74, 6) is -0.509. The maximum atomic E-state index is 13.4. The molecule has 8 heteroatoms. The Morgan fingerprint density at radius 1 is 1.30 bits per heavy atom. The molecule has 152 valence electrons. The second-order valence-corrected chi connectivity index (χ2v) is 8.03. The van der Waals surface area contributed by atoms with E-state index in [4.69, 9.17) is 16.3 Å². The molecular formula is C22H18ClN3O3S. The number of carbonyl (C=O) groups excluding carboxylic acids is 1. The summed E-state index contributed by atoms with van der Waals surface area (Å²) in [6, 6.07) is 10.1. The first-order valence-electron chi connectivity index (χ1n) is 9.35. The maximum absolute atomic E-state index is 13.4. The van der Waals surface area contributed by atoms with E-state index in [-0.39, 0.29) is 12.2 Å². The van der Waals surface area contributed by atoms with Gasteiger partial charge in [0.2, 0.25) is 0 Å². The Morgan fingerprint density at radius 2 is 2.10 bits per heavy atom. The molecule has 3 aromatic rings. The van der Waals surface area contributed by atoms with E-state index in [2.05, 4.69) is 9.98 Å². The quantitative estimate of drug-likeness (QED) is 0.586. The molecule has 0 amide bonds. The van der Waals surface area contributed by atoms with E-state index in [9.17, 15) is 9.59 Å². The number of ether oxygens (including phenoxy) is 1. The van der Waals surface area contributed by atoms with Crippen LogP contribution in [0.4, 0.5) is 0 Å². The molecule has 1 aliphatic heterocycles. The monoisotopic (exact) mass is 439 g/mol. The number of halogens is 1. The van der Waals surface area contributed by atoms with Gasteiger partial charge in [-0.1, -0.05) is 47.2 Å². The molecule has 1 atom stereocenters. The summed E-state index contributed by atoms with van der Waals surface area (Å²) >= 11 is 7.74. The summed E-state index contributed by atoms with van der Waals surface area (Å²) in [4.78, 5) is 35.3. The van der Waals surface area contributed by atoms with E-state index in [1.54, 1.807) is 50.5 Å². The minimum atomic E-state index is -0.718. The van der Waals surface area contributed by atoms with Gasteiger partial charge in [0.15, 0.2) is 4.80 Å². The number of allylic oxidation sites excluding steroid dienone is 1. The van der Waals surface area contributed by atoms with Gasteiger partial charge < -0.3 is 4.74 Å². The Hall–Kier alpha value is -3.03. The Labute approximate surface area is 181 Å². The Balaban J connectivity index is 1.99. The predicted molar refractivity (Wildman–Crippen MR) is 116 cm³/mol. The number of nitrogens with zero attached hydrogens (tertiary/aromatic N) is 3. The molecule has 0 bridgehead atoms. The van der Waals surface area contributed by atoms with Gasteiger partial charge in [0.1, 0.15) is 6.04 Å². The van der Waals surface area contributed by atoms with Gasteiger partial charge in [0, 0.05) is 17.4 Å². The van der Waals surface area contributed by atoms with Crippen LogP contribution in [0.3, 0.4) is 0 Å². The van der Waals surface area contributed by atoms with Crippen molar-refractivity contribution in [1.82, 2.24) is 9.55 Å². The van der Waals surface area contributed by atoms with Crippen molar-refractivity contribution in [2.45, 2.75) is 19.9 Å². The van der Waals surface area contributed by atoms with Crippen LogP contribution in [-0.4, -0.2) is 22.1 Å². The van der Waals surface area contributed by atoms with Crippen molar-refractivity contribution in [2.75, 3.05) is 6.61 Å². The predicted octanol–water partition coefficient (Wildman–Crippen LogP) is 2.85. The van der Waals surface area contributed by atoms with Crippen molar-refractivity contribution < 1.29 is 9.53 Å². The van der Waals surface area contributed by atoms with Crippen molar-refractivity contribution in [3.8, 4) is 0 Å². The molecule has 0 saturated carbocycles. The van der Waals surface area contributed by atoms with Crippen molar-refractivity contribution in [3.05, 3.63) is 95.9 Å². The fourth-order valence-corrected chi connectivity index (χ4v) is 4.68. The van der Waals surface area contributed by atoms with Crippen LogP contribution in [0.25, 0.3) is 6.08 Å². The number of thiazole rings is 1. The molecule has 0 spiro atoms. The van der Waals surface area contributed by atoms with Gasteiger partial charge in [-0.05, 0) is 43.2 Å². The third-order valence-corrected chi connectivity index (χ3v) is 6.03. The van der Waals surface area contributed by atoms with Crippen molar-refractivity contribution >= 4 is 35.0 Å². The number of carbonyl (C=O) groups is 1. The maximum Gasteiger partial charge on any atom is 0.338 e. The van der Waals surface area contributed by atoms with Crippen LogP contribution >= 0.6 is 22.9 Å². The van der Waals surface area contributed by atoms with Crippen molar-refractivity contribution in [1.29, 1.82) is 0 Å². The number of aromatic nitrogens is 2. The second kappa shape index (κ2) is 8.38. The van der Waals surface area contributed by atoms with Gasteiger partial charge in [-0.2, -0.15) is 0 Å². The first-order valence-corrected chi connectivity index (χ1v) is 10.5. The van der Waals surface area contributed by atoms with Gasteiger partial charge in [-0.15, -0.1) is 0 Å². The fraction of sp³-hybridized carbons (Fsp3) is 0.182. The highest BCUT2D eigenvalue weighted by Crippen LogP contribution is 2.34. The van der Waals surface area contributed by atoms with Crippen LogP contribution in [0.1, 0.15) is 31.0 Å².